The summed E-state index contributed by atoms with van der Waals surface area (Å²) in [5.41, 5.74) is 7.53. The summed E-state index contributed by atoms with van der Waals surface area (Å²) in [5.74, 6) is 0.335. The zero-order valence-electron chi connectivity index (χ0n) is 12.6. The van der Waals surface area contributed by atoms with E-state index in [1.54, 1.807) is 20.1 Å². The van der Waals surface area contributed by atoms with Gasteiger partial charge < -0.3 is 15.2 Å². The Bertz CT molecular complexity index is 495. The van der Waals surface area contributed by atoms with Gasteiger partial charge >= 0.3 is 5.97 Å². The Hall–Kier alpha value is -1.07. The highest BCUT2D eigenvalue weighted by molar-refractivity contribution is 9.10. The summed E-state index contributed by atoms with van der Waals surface area (Å²) >= 11 is 3.47. The molecule has 2 N–H and O–H groups in total. The van der Waals surface area contributed by atoms with E-state index in [0.717, 1.165) is 15.8 Å². The molecule has 4 nitrogen and oxygen atoms in total. The largest absolute Gasteiger partial charge is 0.495 e. The monoisotopic (exact) mass is 343 g/mol. The number of benzene rings is 1. The van der Waals surface area contributed by atoms with Crippen LogP contribution in [-0.4, -0.2) is 19.7 Å². The minimum Gasteiger partial charge on any atom is -0.495 e. The van der Waals surface area contributed by atoms with Gasteiger partial charge in [0.1, 0.15) is 11.8 Å². The van der Waals surface area contributed by atoms with Crippen LogP contribution in [0.3, 0.4) is 0 Å². The molecular weight excluding hydrogens is 322 g/mol. The molecule has 0 aliphatic rings. The van der Waals surface area contributed by atoms with Crippen LogP contribution in [0.1, 0.15) is 44.9 Å². The van der Waals surface area contributed by atoms with Crippen molar-refractivity contribution in [3.63, 3.8) is 0 Å². The van der Waals surface area contributed by atoms with Gasteiger partial charge in [0.15, 0.2) is 0 Å². The number of carbonyl (C=O) groups is 1. The molecule has 0 aliphatic carbocycles. The van der Waals surface area contributed by atoms with Gasteiger partial charge in [-0.25, -0.2) is 4.79 Å². The normalized spacial score (nSPS) is 12.9. The van der Waals surface area contributed by atoms with E-state index >= 15 is 0 Å². The second-order valence-corrected chi connectivity index (χ2v) is 6.42. The number of carbonyl (C=O) groups excluding carboxylic acids is 1. The fraction of sp³-hybridized carbons (Fsp3) is 0.533. The van der Waals surface area contributed by atoms with Gasteiger partial charge in [0, 0.05) is 5.56 Å². The van der Waals surface area contributed by atoms with E-state index in [1.807, 2.05) is 6.07 Å². The lowest BCUT2D eigenvalue weighted by molar-refractivity contribution is -0.144. The first-order chi connectivity index (χ1) is 9.22. The summed E-state index contributed by atoms with van der Waals surface area (Å²) in [6.07, 6.45) is 0. The molecule has 1 rings (SSSR count). The SMILES string of the molecule is CCOC(=O)C(N)c1cc(Br)c(OC)c(C(C)(C)C)c1. The molecule has 0 saturated carbocycles. The fourth-order valence-electron chi connectivity index (χ4n) is 1.93. The Balaban J connectivity index is 3.31. The number of rotatable bonds is 4. The summed E-state index contributed by atoms with van der Waals surface area (Å²) in [5, 5.41) is 0. The number of esters is 1. The Morgan fingerprint density at radius 1 is 1.40 bits per heavy atom. The van der Waals surface area contributed by atoms with Crippen molar-refractivity contribution in [2.24, 2.45) is 5.73 Å². The molecule has 1 aromatic carbocycles. The highest BCUT2D eigenvalue weighted by Gasteiger charge is 2.25. The van der Waals surface area contributed by atoms with Crippen LogP contribution in [0.4, 0.5) is 0 Å². The standard InChI is InChI=1S/C15H22BrNO3/c1-6-20-14(18)12(17)9-7-10(15(2,3)4)13(19-5)11(16)8-9/h7-8,12H,6,17H2,1-5H3. The lowest BCUT2D eigenvalue weighted by Crippen LogP contribution is -2.24. The van der Waals surface area contributed by atoms with Crippen molar-refractivity contribution < 1.29 is 14.3 Å². The van der Waals surface area contributed by atoms with E-state index in [0.29, 0.717) is 12.2 Å². The van der Waals surface area contributed by atoms with Crippen LogP contribution in [-0.2, 0) is 14.9 Å². The second-order valence-electron chi connectivity index (χ2n) is 5.56. The first-order valence-electron chi connectivity index (χ1n) is 6.52. The summed E-state index contributed by atoms with van der Waals surface area (Å²) in [4.78, 5) is 11.8. The summed E-state index contributed by atoms with van der Waals surface area (Å²) in [6.45, 7) is 8.32. The molecule has 0 radical (unpaired) electrons. The van der Waals surface area contributed by atoms with Crippen LogP contribution in [0.2, 0.25) is 0 Å². The third kappa shape index (κ3) is 3.73. The molecule has 1 atom stereocenters. The minimum absolute atomic E-state index is 0.127. The summed E-state index contributed by atoms with van der Waals surface area (Å²) < 4.78 is 11.2. The van der Waals surface area contributed by atoms with Gasteiger partial charge in [-0.1, -0.05) is 20.8 Å². The maximum atomic E-state index is 11.8. The van der Waals surface area contributed by atoms with E-state index in [1.165, 1.54) is 0 Å². The molecule has 0 spiro atoms. The lowest BCUT2D eigenvalue weighted by atomic mass is 9.84. The first kappa shape index (κ1) is 17.0. The van der Waals surface area contributed by atoms with E-state index in [9.17, 15) is 4.79 Å². The molecule has 1 unspecified atom stereocenters. The third-order valence-electron chi connectivity index (χ3n) is 2.98. The predicted octanol–water partition coefficient (Wildman–Crippen LogP) is 3.32. The van der Waals surface area contributed by atoms with Crippen LogP contribution in [0, 0.1) is 0 Å². The van der Waals surface area contributed by atoms with Crippen molar-refractivity contribution in [2.75, 3.05) is 13.7 Å². The fourth-order valence-corrected chi connectivity index (χ4v) is 2.57. The van der Waals surface area contributed by atoms with E-state index in [-0.39, 0.29) is 5.41 Å². The lowest BCUT2D eigenvalue weighted by Gasteiger charge is -2.25. The molecule has 0 aromatic heterocycles. The molecular formula is C15H22BrNO3. The molecule has 112 valence electrons. The van der Waals surface area contributed by atoms with Gasteiger partial charge in [-0.3, -0.25) is 0 Å². The van der Waals surface area contributed by atoms with Gasteiger partial charge in [0.25, 0.3) is 0 Å². The molecule has 0 heterocycles. The first-order valence-corrected chi connectivity index (χ1v) is 7.31. The molecule has 0 fully saturated rings. The van der Waals surface area contributed by atoms with Crippen molar-refractivity contribution >= 4 is 21.9 Å². The molecule has 0 aliphatic heterocycles. The van der Waals surface area contributed by atoms with Crippen LogP contribution in [0.5, 0.6) is 5.75 Å². The number of halogens is 1. The number of nitrogens with two attached hydrogens (primary N) is 1. The molecule has 0 amide bonds. The van der Waals surface area contributed by atoms with Crippen molar-refractivity contribution in [3.05, 3.63) is 27.7 Å². The second kappa shape index (κ2) is 6.59. The molecule has 0 saturated heterocycles. The Kier molecular flexibility index (Phi) is 5.59. The predicted molar refractivity (Wildman–Crippen MR) is 83.0 cm³/mol. The molecule has 20 heavy (non-hydrogen) atoms. The Labute approximate surface area is 128 Å². The van der Waals surface area contributed by atoms with Gasteiger partial charge in [-0.15, -0.1) is 0 Å². The van der Waals surface area contributed by atoms with Crippen molar-refractivity contribution in [2.45, 2.75) is 39.2 Å². The topological polar surface area (TPSA) is 61.5 Å². The van der Waals surface area contributed by atoms with Crippen molar-refractivity contribution in [1.29, 1.82) is 0 Å². The van der Waals surface area contributed by atoms with Crippen LogP contribution >= 0.6 is 15.9 Å². The maximum absolute atomic E-state index is 11.8. The summed E-state index contributed by atoms with van der Waals surface area (Å²) in [7, 11) is 1.63. The maximum Gasteiger partial charge on any atom is 0.327 e. The number of methoxy groups -OCH3 is 1. The third-order valence-corrected chi connectivity index (χ3v) is 3.57. The minimum atomic E-state index is -0.793. The smallest absolute Gasteiger partial charge is 0.327 e. The molecule has 5 heteroatoms. The number of hydrogen-bond donors (Lipinski definition) is 1. The average molecular weight is 344 g/mol. The zero-order valence-corrected chi connectivity index (χ0v) is 14.2. The quantitative estimate of drug-likeness (QED) is 0.852. The Morgan fingerprint density at radius 3 is 2.45 bits per heavy atom. The highest BCUT2D eigenvalue weighted by atomic mass is 79.9. The zero-order chi connectivity index (χ0) is 15.5. The molecule has 0 bridgehead atoms. The van der Waals surface area contributed by atoms with Gasteiger partial charge in [-0.05, 0) is 46.0 Å². The van der Waals surface area contributed by atoms with E-state index in [4.69, 9.17) is 15.2 Å². The van der Waals surface area contributed by atoms with E-state index in [2.05, 4.69) is 36.7 Å². The van der Waals surface area contributed by atoms with Crippen LogP contribution in [0.25, 0.3) is 0 Å². The highest BCUT2D eigenvalue weighted by Crippen LogP contribution is 2.39. The Morgan fingerprint density at radius 2 is 2.00 bits per heavy atom. The van der Waals surface area contributed by atoms with Crippen LogP contribution < -0.4 is 10.5 Å². The summed E-state index contributed by atoms with van der Waals surface area (Å²) in [6, 6.07) is 2.92. The van der Waals surface area contributed by atoms with E-state index < -0.39 is 12.0 Å². The number of hydrogen-bond acceptors (Lipinski definition) is 4. The van der Waals surface area contributed by atoms with Gasteiger partial charge in [-0.2, -0.15) is 0 Å². The van der Waals surface area contributed by atoms with Gasteiger partial charge in [0.05, 0.1) is 18.2 Å². The molecule has 1 aromatic rings. The van der Waals surface area contributed by atoms with Crippen LogP contribution in [0.15, 0.2) is 16.6 Å². The number of ether oxygens (including phenoxy) is 2. The van der Waals surface area contributed by atoms with Crippen molar-refractivity contribution in [3.8, 4) is 5.75 Å². The average Bonchev–Trinajstić information content (AvgIpc) is 2.36. The van der Waals surface area contributed by atoms with Crippen molar-refractivity contribution in [1.82, 2.24) is 0 Å². The van der Waals surface area contributed by atoms with Gasteiger partial charge in [0.2, 0.25) is 0 Å².